The smallest absolute Gasteiger partial charge is 0.331 e. The SMILES string of the molecule is COc1cc(/C=C/C(=O)OCC(=O)N2C[C@@H](C)O[C@H](C)C2)cc(Cl)c1OC. The molecule has 0 aromatic heterocycles. The number of benzene rings is 1. The van der Waals surface area contributed by atoms with E-state index in [1.807, 2.05) is 13.8 Å². The number of rotatable bonds is 6. The maximum absolute atomic E-state index is 12.2. The quantitative estimate of drug-likeness (QED) is 0.542. The molecule has 1 aliphatic heterocycles. The predicted octanol–water partition coefficient (Wildman–Crippen LogP) is 2.55. The Morgan fingerprint density at radius 3 is 2.48 bits per heavy atom. The number of esters is 1. The first-order chi connectivity index (χ1) is 12.8. The molecule has 1 heterocycles. The number of methoxy groups -OCH3 is 2. The van der Waals surface area contributed by atoms with E-state index in [0.717, 1.165) is 0 Å². The van der Waals surface area contributed by atoms with Crippen LogP contribution in [0.5, 0.6) is 11.5 Å². The van der Waals surface area contributed by atoms with Crippen LogP contribution in [0.15, 0.2) is 18.2 Å². The molecule has 27 heavy (non-hydrogen) atoms. The van der Waals surface area contributed by atoms with E-state index in [9.17, 15) is 9.59 Å². The van der Waals surface area contributed by atoms with E-state index in [1.165, 1.54) is 26.4 Å². The van der Waals surface area contributed by atoms with Gasteiger partial charge in [0.25, 0.3) is 5.91 Å². The lowest BCUT2D eigenvalue weighted by Crippen LogP contribution is -2.49. The van der Waals surface area contributed by atoms with E-state index in [1.54, 1.807) is 17.0 Å². The lowest BCUT2D eigenvalue weighted by molar-refractivity contribution is -0.154. The molecule has 8 heteroatoms. The largest absolute Gasteiger partial charge is 0.493 e. The van der Waals surface area contributed by atoms with Crippen LogP contribution in [-0.4, -0.2) is 62.9 Å². The summed E-state index contributed by atoms with van der Waals surface area (Å²) in [6.45, 7) is 4.47. The summed E-state index contributed by atoms with van der Waals surface area (Å²) in [5, 5.41) is 0.357. The fourth-order valence-electron chi connectivity index (χ4n) is 2.85. The zero-order valence-corrected chi connectivity index (χ0v) is 16.6. The zero-order valence-electron chi connectivity index (χ0n) is 15.9. The minimum atomic E-state index is -0.622. The van der Waals surface area contributed by atoms with Crippen molar-refractivity contribution < 1.29 is 28.5 Å². The second-order valence-electron chi connectivity index (χ2n) is 6.24. The Morgan fingerprint density at radius 2 is 1.89 bits per heavy atom. The highest BCUT2D eigenvalue weighted by molar-refractivity contribution is 6.32. The van der Waals surface area contributed by atoms with Gasteiger partial charge < -0.3 is 23.8 Å². The van der Waals surface area contributed by atoms with Crippen molar-refractivity contribution in [2.24, 2.45) is 0 Å². The molecule has 1 saturated heterocycles. The molecule has 0 N–H and O–H groups in total. The number of ether oxygens (including phenoxy) is 4. The van der Waals surface area contributed by atoms with Crippen LogP contribution in [0, 0.1) is 0 Å². The summed E-state index contributed by atoms with van der Waals surface area (Å²) in [4.78, 5) is 25.7. The van der Waals surface area contributed by atoms with Gasteiger partial charge in [-0.25, -0.2) is 4.79 Å². The molecule has 1 aliphatic rings. The maximum atomic E-state index is 12.2. The Labute approximate surface area is 163 Å². The molecule has 1 amide bonds. The first kappa shape index (κ1) is 21.1. The molecular formula is C19H24ClNO6. The monoisotopic (exact) mass is 397 g/mol. The van der Waals surface area contributed by atoms with Gasteiger partial charge in [-0.05, 0) is 37.6 Å². The van der Waals surface area contributed by atoms with Crippen molar-refractivity contribution in [2.75, 3.05) is 33.9 Å². The van der Waals surface area contributed by atoms with Crippen molar-refractivity contribution in [2.45, 2.75) is 26.1 Å². The van der Waals surface area contributed by atoms with E-state index in [-0.39, 0.29) is 24.7 Å². The fraction of sp³-hybridized carbons (Fsp3) is 0.474. The van der Waals surface area contributed by atoms with Crippen molar-refractivity contribution in [3.63, 3.8) is 0 Å². The Morgan fingerprint density at radius 1 is 1.22 bits per heavy atom. The van der Waals surface area contributed by atoms with Gasteiger partial charge in [-0.15, -0.1) is 0 Å². The van der Waals surface area contributed by atoms with Crippen LogP contribution in [0.1, 0.15) is 19.4 Å². The number of nitrogens with zero attached hydrogens (tertiary/aromatic N) is 1. The molecule has 0 radical (unpaired) electrons. The van der Waals surface area contributed by atoms with Gasteiger partial charge in [0.15, 0.2) is 18.1 Å². The molecule has 1 aromatic carbocycles. The minimum absolute atomic E-state index is 0.0388. The molecule has 1 aromatic rings. The third-order valence-electron chi connectivity index (χ3n) is 3.98. The number of carbonyl (C=O) groups is 2. The number of halogens is 1. The van der Waals surface area contributed by atoms with Crippen LogP contribution < -0.4 is 9.47 Å². The highest BCUT2D eigenvalue weighted by atomic mass is 35.5. The summed E-state index contributed by atoms with van der Waals surface area (Å²) in [6.07, 6.45) is 2.68. The molecule has 0 spiro atoms. The Hall–Kier alpha value is -2.25. The molecule has 0 saturated carbocycles. The molecule has 0 unspecified atom stereocenters. The number of morpholine rings is 1. The van der Waals surface area contributed by atoms with E-state index >= 15 is 0 Å². The molecule has 148 valence electrons. The lowest BCUT2D eigenvalue weighted by atomic mass is 10.2. The second-order valence-corrected chi connectivity index (χ2v) is 6.64. The fourth-order valence-corrected chi connectivity index (χ4v) is 3.15. The van der Waals surface area contributed by atoms with E-state index in [2.05, 4.69) is 0 Å². The molecule has 1 fully saturated rings. The van der Waals surface area contributed by atoms with Gasteiger partial charge in [0.2, 0.25) is 0 Å². The van der Waals surface area contributed by atoms with Gasteiger partial charge in [-0.3, -0.25) is 4.79 Å². The Balaban J connectivity index is 1.92. The Kier molecular flexibility index (Phi) is 7.50. The lowest BCUT2D eigenvalue weighted by Gasteiger charge is -2.35. The van der Waals surface area contributed by atoms with Crippen LogP contribution in [0.3, 0.4) is 0 Å². The van der Waals surface area contributed by atoms with E-state index < -0.39 is 5.97 Å². The normalized spacial score (nSPS) is 19.8. The summed E-state index contributed by atoms with van der Waals surface area (Å²) in [7, 11) is 2.98. The van der Waals surface area contributed by atoms with Gasteiger partial charge >= 0.3 is 5.97 Å². The molecule has 0 bridgehead atoms. The topological polar surface area (TPSA) is 74.3 Å². The van der Waals surface area contributed by atoms with Crippen LogP contribution in [0.25, 0.3) is 6.08 Å². The first-order valence-electron chi connectivity index (χ1n) is 8.53. The minimum Gasteiger partial charge on any atom is -0.493 e. The van der Waals surface area contributed by atoms with Crippen molar-refractivity contribution in [1.82, 2.24) is 4.90 Å². The average Bonchev–Trinajstić information content (AvgIpc) is 2.62. The van der Waals surface area contributed by atoms with E-state index in [0.29, 0.717) is 35.2 Å². The van der Waals surface area contributed by atoms with Gasteiger partial charge in [-0.1, -0.05) is 11.6 Å². The predicted molar refractivity (Wildman–Crippen MR) is 101 cm³/mol. The maximum Gasteiger partial charge on any atom is 0.331 e. The molecule has 0 aliphatic carbocycles. The molecule has 2 atom stereocenters. The van der Waals surface area contributed by atoms with Crippen LogP contribution >= 0.6 is 11.6 Å². The Bertz CT molecular complexity index is 710. The highest BCUT2D eigenvalue weighted by Crippen LogP contribution is 2.36. The van der Waals surface area contributed by atoms with Crippen LogP contribution in [0.2, 0.25) is 5.02 Å². The second kappa shape index (κ2) is 9.62. The van der Waals surface area contributed by atoms with Gasteiger partial charge in [0.1, 0.15) is 0 Å². The van der Waals surface area contributed by atoms with Crippen LogP contribution in [0.4, 0.5) is 0 Å². The van der Waals surface area contributed by atoms with Crippen molar-refractivity contribution in [1.29, 1.82) is 0 Å². The summed E-state index contributed by atoms with van der Waals surface area (Å²) in [5.41, 5.74) is 0.636. The number of carbonyl (C=O) groups excluding carboxylic acids is 2. The standard InChI is InChI=1S/C19H24ClNO6/c1-12-9-21(10-13(2)27-12)17(22)11-26-18(23)6-5-14-7-15(20)19(25-4)16(8-14)24-3/h5-8,12-13H,9-11H2,1-4H3/b6-5+/t12-,13-/m1/s1. The summed E-state index contributed by atoms with van der Waals surface area (Å²) >= 11 is 6.13. The number of hydrogen-bond donors (Lipinski definition) is 0. The number of amides is 1. The third-order valence-corrected chi connectivity index (χ3v) is 4.26. The molecule has 2 rings (SSSR count). The van der Waals surface area contributed by atoms with Crippen molar-refractivity contribution >= 4 is 29.6 Å². The third kappa shape index (κ3) is 5.87. The summed E-state index contributed by atoms with van der Waals surface area (Å²) in [6, 6.07) is 3.31. The number of hydrogen-bond acceptors (Lipinski definition) is 6. The molecular weight excluding hydrogens is 374 g/mol. The van der Waals surface area contributed by atoms with E-state index in [4.69, 9.17) is 30.5 Å². The average molecular weight is 398 g/mol. The zero-order chi connectivity index (χ0) is 20.0. The van der Waals surface area contributed by atoms with Crippen molar-refractivity contribution in [3.05, 3.63) is 28.8 Å². The van der Waals surface area contributed by atoms with Gasteiger partial charge in [0, 0.05) is 19.2 Å². The van der Waals surface area contributed by atoms with Crippen molar-refractivity contribution in [3.8, 4) is 11.5 Å². The highest BCUT2D eigenvalue weighted by Gasteiger charge is 2.26. The summed E-state index contributed by atoms with van der Waals surface area (Å²) < 4.78 is 21.0. The van der Waals surface area contributed by atoms with Gasteiger partial charge in [0.05, 0.1) is 31.5 Å². The molecule has 7 nitrogen and oxygen atoms in total. The summed E-state index contributed by atoms with van der Waals surface area (Å²) in [5.74, 6) is -0.00117. The van der Waals surface area contributed by atoms with Crippen LogP contribution in [-0.2, 0) is 19.1 Å². The van der Waals surface area contributed by atoms with Gasteiger partial charge in [-0.2, -0.15) is 0 Å². The first-order valence-corrected chi connectivity index (χ1v) is 8.91.